The van der Waals surface area contributed by atoms with E-state index in [1.807, 2.05) is 61.5 Å². The molecule has 2 nitrogen and oxygen atoms in total. The number of para-hydroxylation sites is 1. The Balaban J connectivity index is 1.63. The first-order valence-corrected chi connectivity index (χ1v) is 8.56. The molecule has 134 valence electrons. The van der Waals surface area contributed by atoms with Crippen molar-refractivity contribution in [2.45, 2.75) is 26.1 Å². The molecule has 0 bridgehead atoms. The Bertz CT molecular complexity index is 852. The van der Waals surface area contributed by atoms with Crippen molar-refractivity contribution in [3.8, 4) is 5.75 Å². The van der Waals surface area contributed by atoms with Gasteiger partial charge in [-0.25, -0.2) is 8.78 Å². The molecule has 3 aromatic carbocycles. The second-order valence-electron chi connectivity index (χ2n) is 6.16. The fraction of sp³-hybridized carbons (Fsp3) is 0.182. The highest BCUT2D eigenvalue weighted by Gasteiger charge is 2.10. The van der Waals surface area contributed by atoms with Crippen LogP contribution in [-0.2, 0) is 13.2 Å². The molecular formula is C22H21F2NO. The largest absolute Gasteiger partial charge is 0.489 e. The minimum Gasteiger partial charge on any atom is -0.489 e. The molecular weight excluding hydrogens is 332 g/mol. The second kappa shape index (κ2) is 8.59. The van der Waals surface area contributed by atoms with Crippen molar-refractivity contribution in [2.24, 2.45) is 0 Å². The van der Waals surface area contributed by atoms with Gasteiger partial charge in [0.15, 0.2) is 11.6 Å². The molecule has 0 saturated carbocycles. The van der Waals surface area contributed by atoms with Gasteiger partial charge < -0.3 is 10.1 Å². The highest BCUT2D eigenvalue weighted by molar-refractivity contribution is 5.34. The summed E-state index contributed by atoms with van der Waals surface area (Å²) < 4.78 is 32.4. The van der Waals surface area contributed by atoms with E-state index in [1.54, 1.807) is 6.07 Å². The number of hydrogen-bond acceptors (Lipinski definition) is 2. The van der Waals surface area contributed by atoms with Gasteiger partial charge in [0.2, 0.25) is 0 Å². The van der Waals surface area contributed by atoms with Crippen LogP contribution in [0.15, 0.2) is 72.8 Å². The normalized spacial score (nSPS) is 12.0. The van der Waals surface area contributed by atoms with E-state index in [-0.39, 0.29) is 6.04 Å². The summed E-state index contributed by atoms with van der Waals surface area (Å²) in [6.07, 6.45) is 0. The standard InChI is InChI=1S/C22H21F2NO/c1-16(18-11-12-20(23)21(24)13-18)25-14-19-9-5-6-10-22(19)26-15-17-7-3-2-4-8-17/h2-13,16,25H,14-15H2,1H3/t16-/m0/s1. The van der Waals surface area contributed by atoms with Crippen molar-refractivity contribution in [1.29, 1.82) is 0 Å². The highest BCUT2D eigenvalue weighted by Crippen LogP contribution is 2.21. The monoisotopic (exact) mass is 353 g/mol. The third-order valence-electron chi connectivity index (χ3n) is 4.25. The Labute approximate surface area is 152 Å². The maximum Gasteiger partial charge on any atom is 0.159 e. The first-order chi connectivity index (χ1) is 12.6. The molecule has 3 aromatic rings. The number of benzene rings is 3. The van der Waals surface area contributed by atoms with Gasteiger partial charge in [0.1, 0.15) is 12.4 Å². The van der Waals surface area contributed by atoms with Crippen molar-refractivity contribution in [1.82, 2.24) is 5.32 Å². The number of ether oxygens (including phenoxy) is 1. The second-order valence-corrected chi connectivity index (χ2v) is 6.16. The summed E-state index contributed by atoms with van der Waals surface area (Å²) in [6.45, 7) is 2.97. The van der Waals surface area contributed by atoms with Crippen LogP contribution in [0.1, 0.15) is 29.7 Å². The van der Waals surface area contributed by atoms with Crippen molar-refractivity contribution < 1.29 is 13.5 Å². The zero-order valence-corrected chi connectivity index (χ0v) is 14.6. The number of nitrogens with one attached hydrogen (secondary N) is 1. The molecule has 0 fully saturated rings. The quantitative estimate of drug-likeness (QED) is 0.614. The molecule has 4 heteroatoms. The SMILES string of the molecule is C[C@H](NCc1ccccc1OCc1ccccc1)c1ccc(F)c(F)c1. The van der Waals surface area contributed by atoms with E-state index in [9.17, 15) is 8.78 Å². The van der Waals surface area contributed by atoms with Gasteiger partial charge in [0.05, 0.1) is 0 Å². The third-order valence-corrected chi connectivity index (χ3v) is 4.25. The summed E-state index contributed by atoms with van der Waals surface area (Å²) in [6, 6.07) is 21.6. The Hall–Kier alpha value is -2.72. The first-order valence-electron chi connectivity index (χ1n) is 8.56. The predicted octanol–water partition coefficient (Wildman–Crippen LogP) is 5.39. The van der Waals surface area contributed by atoms with Gasteiger partial charge in [-0.2, -0.15) is 0 Å². The van der Waals surface area contributed by atoms with Crippen LogP contribution in [-0.4, -0.2) is 0 Å². The minimum atomic E-state index is -0.833. The number of halogens is 2. The Morgan fingerprint density at radius 1 is 0.885 bits per heavy atom. The lowest BCUT2D eigenvalue weighted by molar-refractivity contribution is 0.301. The van der Waals surface area contributed by atoms with Gasteiger partial charge in [0.25, 0.3) is 0 Å². The van der Waals surface area contributed by atoms with Crippen molar-refractivity contribution in [3.63, 3.8) is 0 Å². The Kier molecular flexibility index (Phi) is 5.97. The van der Waals surface area contributed by atoms with Crippen molar-refractivity contribution >= 4 is 0 Å². The molecule has 0 saturated heterocycles. The fourth-order valence-electron chi connectivity index (χ4n) is 2.69. The molecule has 3 rings (SSSR count). The van der Waals surface area contributed by atoms with Gasteiger partial charge in [-0.05, 0) is 36.2 Å². The summed E-state index contributed by atoms with van der Waals surface area (Å²) in [5.41, 5.74) is 2.81. The van der Waals surface area contributed by atoms with Crippen LogP contribution in [0.5, 0.6) is 5.75 Å². The fourth-order valence-corrected chi connectivity index (χ4v) is 2.69. The topological polar surface area (TPSA) is 21.3 Å². The number of rotatable bonds is 7. The molecule has 0 spiro atoms. The van der Waals surface area contributed by atoms with E-state index in [4.69, 9.17) is 4.74 Å². The van der Waals surface area contributed by atoms with E-state index in [0.717, 1.165) is 22.9 Å². The van der Waals surface area contributed by atoms with Gasteiger partial charge >= 0.3 is 0 Å². The maximum atomic E-state index is 13.4. The zero-order valence-electron chi connectivity index (χ0n) is 14.6. The van der Waals surface area contributed by atoms with Gasteiger partial charge in [-0.15, -0.1) is 0 Å². The molecule has 1 N–H and O–H groups in total. The molecule has 0 amide bonds. The third kappa shape index (κ3) is 4.67. The minimum absolute atomic E-state index is 0.118. The lowest BCUT2D eigenvalue weighted by Crippen LogP contribution is -2.19. The zero-order chi connectivity index (χ0) is 18.4. The molecule has 26 heavy (non-hydrogen) atoms. The van der Waals surface area contributed by atoms with Crippen LogP contribution in [0.25, 0.3) is 0 Å². The average Bonchev–Trinajstić information content (AvgIpc) is 2.68. The highest BCUT2D eigenvalue weighted by atomic mass is 19.2. The molecule has 0 aliphatic heterocycles. The Morgan fingerprint density at radius 2 is 1.62 bits per heavy atom. The summed E-state index contributed by atoms with van der Waals surface area (Å²) in [7, 11) is 0. The van der Waals surface area contributed by atoms with Crippen LogP contribution >= 0.6 is 0 Å². The van der Waals surface area contributed by atoms with Gasteiger partial charge in [-0.1, -0.05) is 54.6 Å². The lowest BCUT2D eigenvalue weighted by atomic mass is 10.1. The summed E-state index contributed by atoms with van der Waals surface area (Å²) in [5, 5.41) is 3.33. The van der Waals surface area contributed by atoms with E-state index in [0.29, 0.717) is 18.7 Å². The van der Waals surface area contributed by atoms with E-state index in [1.165, 1.54) is 6.07 Å². The van der Waals surface area contributed by atoms with Crippen molar-refractivity contribution in [3.05, 3.63) is 101 Å². The maximum absolute atomic E-state index is 13.4. The van der Waals surface area contributed by atoms with E-state index >= 15 is 0 Å². The Morgan fingerprint density at radius 3 is 2.38 bits per heavy atom. The van der Waals surface area contributed by atoms with Crippen LogP contribution in [0.3, 0.4) is 0 Å². The number of hydrogen-bond donors (Lipinski definition) is 1. The summed E-state index contributed by atoms with van der Waals surface area (Å²) in [4.78, 5) is 0. The average molecular weight is 353 g/mol. The smallest absolute Gasteiger partial charge is 0.159 e. The van der Waals surface area contributed by atoms with Crippen LogP contribution in [0, 0.1) is 11.6 Å². The first kappa shape index (κ1) is 18.1. The van der Waals surface area contributed by atoms with Crippen LogP contribution in [0.2, 0.25) is 0 Å². The van der Waals surface area contributed by atoms with E-state index < -0.39 is 11.6 Å². The molecule has 0 heterocycles. The van der Waals surface area contributed by atoms with Gasteiger partial charge in [0, 0.05) is 18.2 Å². The molecule has 0 aromatic heterocycles. The van der Waals surface area contributed by atoms with Crippen LogP contribution < -0.4 is 10.1 Å². The summed E-state index contributed by atoms with van der Waals surface area (Å²) in [5.74, 6) is -0.857. The molecule has 0 radical (unpaired) electrons. The lowest BCUT2D eigenvalue weighted by Gasteiger charge is -2.17. The molecule has 0 unspecified atom stereocenters. The van der Waals surface area contributed by atoms with Crippen molar-refractivity contribution in [2.75, 3.05) is 0 Å². The molecule has 1 atom stereocenters. The predicted molar refractivity (Wildman–Crippen MR) is 98.8 cm³/mol. The summed E-state index contributed by atoms with van der Waals surface area (Å²) >= 11 is 0. The van der Waals surface area contributed by atoms with E-state index in [2.05, 4.69) is 5.32 Å². The van der Waals surface area contributed by atoms with Crippen LogP contribution in [0.4, 0.5) is 8.78 Å². The molecule has 0 aliphatic carbocycles. The molecule has 0 aliphatic rings. The van der Waals surface area contributed by atoms with Gasteiger partial charge in [-0.3, -0.25) is 0 Å².